The molecule has 1 unspecified atom stereocenters. The first-order valence-corrected chi connectivity index (χ1v) is 6.58. The lowest BCUT2D eigenvalue weighted by Gasteiger charge is -2.15. The molecule has 0 bridgehead atoms. The number of nitrogens with one attached hydrogen (secondary N) is 1. The van der Waals surface area contributed by atoms with Crippen LogP contribution in [0.4, 0.5) is 0 Å². The molecule has 1 aromatic heterocycles. The van der Waals surface area contributed by atoms with E-state index < -0.39 is 0 Å². The predicted octanol–water partition coefficient (Wildman–Crippen LogP) is 3.89. The summed E-state index contributed by atoms with van der Waals surface area (Å²) < 4.78 is 0. The topological polar surface area (TPSA) is 29.1 Å². The van der Waals surface area contributed by atoms with Gasteiger partial charge >= 0.3 is 0 Å². The van der Waals surface area contributed by atoms with Gasteiger partial charge in [0.05, 0.1) is 11.6 Å². The Labute approximate surface area is 109 Å². The second-order valence-corrected chi connectivity index (χ2v) is 4.92. The van der Waals surface area contributed by atoms with E-state index in [1.807, 2.05) is 41.9 Å². The number of amides is 1. The molecule has 4 heteroatoms. The molecule has 1 aromatic carbocycles. The monoisotopic (exact) mass is 265 g/mol. The third kappa shape index (κ3) is 2.87. The highest BCUT2D eigenvalue weighted by atomic mass is 35.5. The third-order valence-electron chi connectivity index (χ3n) is 2.50. The Kier molecular flexibility index (Phi) is 3.82. The van der Waals surface area contributed by atoms with Crippen molar-refractivity contribution in [1.82, 2.24) is 5.32 Å². The number of halogens is 1. The van der Waals surface area contributed by atoms with Gasteiger partial charge in [0.1, 0.15) is 0 Å². The summed E-state index contributed by atoms with van der Waals surface area (Å²) in [5.41, 5.74) is 1.62. The van der Waals surface area contributed by atoms with Gasteiger partial charge < -0.3 is 5.32 Å². The summed E-state index contributed by atoms with van der Waals surface area (Å²) in [5, 5.41) is 7.31. The number of benzene rings is 1. The second kappa shape index (κ2) is 5.34. The molecule has 2 rings (SSSR count). The summed E-state index contributed by atoms with van der Waals surface area (Å²) in [5.74, 6) is -0.0707. The van der Waals surface area contributed by atoms with Gasteiger partial charge in [-0.05, 0) is 30.0 Å². The van der Waals surface area contributed by atoms with Crippen molar-refractivity contribution in [3.63, 3.8) is 0 Å². The van der Waals surface area contributed by atoms with Crippen molar-refractivity contribution in [2.24, 2.45) is 0 Å². The highest BCUT2D eigenvalue weighted by Crippen LogP contribution is 2.22. The van der Waals surface area contributed by atoms with Crippen LogP contribution >= 0.6 is 22.9 Å². The zero-order valence-corrected chi connectivity index (χ0v) is 10.9. The van der Waals surface area contributed by atoms with Crippen molar-refractivity contribution in [3.05, 3.63) is 57.2 Å². The zero-order chi connectivity index (χ0) is 12.3. The smallest absolute Gasteiger partial charge is 0.252 e. The van der Waals surface area contributed by atoms with Crippen LogP contribution < -0.4 is 5.32 Å². The Morgan fingerprint density at radius 2 is 2.12 bits per heavy atom. The Morgan fingerprint density at radius 3 is 2.76 bits per heavy atom. The fourth-order valence-electron chi connectivity index (χ4n) is 1.58. The largest absolute Gasteiger partial charge is 0.345 e. The molecular formula is C13H12ClNOS. The average Bonchev–Trinajstić information content (AvgIpc) is 2.82. The molecule has 0 fully saturated rings. The molecule has 0 saturated carbocycles. The van der Waals surface area contributed by atoms with Crippen molar-refractivity contribution < 1.29 is 4.79 Å². The van der Waals surface area contributed by atoms with Crippen LogP contribution in [0.5, 0.6) is 0 Å². The standard InChI is InChI=1S/C13H12ClNOS/c1-9(11-4-2-3-5-12(11)14)15-13(16)10-6-7-17-8-10/h2-9H,1H3,(H,15,16). The number of thiophene rings is 1. The fraction of sp³-hybridized carbons (Fsp3) is 0.154. The van der Waals surface area contributed by atoms with Crippen molar-refractivity contribution in [1.29, 1.82) is 0 Å². The maximum absolute atomic E-state index is 11.9. The van der Waals surface area contributed by atoms with Crippen molar-refractivity contribution in [3.8, 4) is 0 Å². The first kappa shape index (κ1) is 12.1. The first-order valence-electron chi connectivity index (χ1n) is 5.26. The van der Waals surface area contributed by atoms with Crippen LogP contribution in [0.2, 0.25) is 5.02 Å². The van der Waals surface area contributed by atoms with Gasteiger partial charge in [-0.25, -0.2) is 0 Å². The highest BCUT2D eigenvalue weighted by molar-refractivity contribution is 7.08. The molecule has 88 valence electrons. The molecule has 1 atom stereocenters. The van der Waals surface area contributed by atoms with Gasteiger partial charge in [0.15, 0.2) is 0 Å². The number of carbonyl (C=O) groups excluding carboxylic acids is 1. The Morgan fingerprint density at radius 1 is 1.35 bits per heavy atom. The van der Waals surface area contributed by atoms with E-state index >= 15 is 0 Å². The average molecular weight is 266 g/mol. The van der Waals surface area contributed by atoms with E-state index in [9.17, 15) is 4.79 Å². The number of hydrogen-bond acceptors (Lipinski definition) is 2. The Bertz CT molecular complexity index is 510. The quantitative estimate of drug-likeness (QED) is 0.896. The number of hydrogen-bond donors (Lipinski definition) is 1. The van der Waals surface area contributed by atoms with Crippen molar-refractivity contribution >= 4 is 28.8 Å². The summed E-state index contributed by atoms with van der Waals surface area (Å²) in [6.45, 7) is 1.92. The second-order valence-electron chi connectivity index (χ2n) is 3.73. The highest BCUT2D eigenvalue weighted by Gasteiger charge is 2.13. The molecule has 2 aromatic rings. The molecule has 0 aliphatic carbocycles. The van der Waals surface area contributed by atoms with E-state index in [0.29, 0.717) is 10.6 Å². The normalized spacial score (nSPS) is 12.1. The Hall–Kier alpha value is -1.32. The van der Waals surface area contributed by atoms with Crippen LogP contribution in [-0.4, -0.2) is 5.91 Å². The summed E-state index contributed by atoms with van der Waals surface area (Å²) in [7, 11) is 0. The fourth-order valence-corrected chi connectivity index (χ4v) is 2.51. The molecule has 1 amide bonds. The summed E-state index contributed by atoms with van der Waals surface area (Å²) >= 11 is 7.59. The summed E-state index contributed by atoms with van der Waals surface area (Å²) in [4.78, 5) is 11.9. The minimum absolute atomic E-state index is 0.0707. The Balaban J connectivity index is 2.10. The van der Waals surface area contributed by atoms with Crippen LogP contribution in [0.15, 0.2) is 41.1 Å². The minimum Gasteiger partial charge on any atom is -0.345 e. The molecule has 0 aliphatic heterocycles. The van der Waals surface area contributed by atoms with Crippen molar-refractivity contribution in [2.45, 2.75) is 13.0 Å². The van der Waals surface area contributed by atoms with Crippen LogP contribution in [0.1, 0.15) is 28.9 Å². The molecule has 1 heterocycles. The maximum atomic E-state index is 11.9. The zero-order valence-electron chi connectivity index (χ0n) is 9.31. The summed E-state index contributed by atoms with van der Waals surface area (Å²) in [6.07, 6.45) is 0. The lowest BCUT2D eigenvalue weighted by molar-refractivity contribution is 0.0940. The molecule has 0 aliphatic rings. The molecule has 17 heavy (non-hydrogen) atoms. The number of carbonyl (C=O) groups is 1. The van der Waals surface area contributed by atoms with E-state index in [4.69, 9.17) is 11.6 Å². The lowest BCUT2D eigenvalue weighted by atomic mass is 10.1. The molecule has 0 saturated heterocycles. The van der Waals surface area contributed by atoms with Crippen LogP contribution in [0, 0.1) is 0 Å². The van der Waals surface area contributed by atoms with Gasteiger partial charge in [-0.3, -0.25) is 4.79 Å². The van der Waals surface area contributed by atoms with Gasteiger partial charge in [0.2, 0.25) is 0 Å². The van der Waals surface area contributed by atoms with Crippen LogP contribution in [-0.2, 0) is 0 Å². The molecule has 0 spiro atoms. The maximum Gasteiger partial charge on any atom is 0.252 e. The molecule has 2 nitrogen and oxygen atoms in total. The van der Waals surface area contributed by atoms with E-state index in [1.165, 1.54) is 11.3 Å². The van der Waals surface area contributed by atoms with Crippen LogP contribution in [0.3, 0.4) is 0 Å². The first-order chi connectivity index (χ1) is 8.18. The molecular weight excluding hydrogens is 254 g/mol. The SMILES string of the molecule is CC(NC(=O)c1ccsc1)c1ccccc1Cl. The number of rotatable bonds is 3. The van der Waals surface area contributed by atoms with E-state index in [0.717, 1.165) is 5.56 Å². The summed E-state index contributed by atoms with van der Waals surface area (Å²) in [6, 6.07) is 9.23. The van der Waals surface area contributed by atoms with Crippen molar-refractivity contribution in [2.75, 3.05) is 0 Å². The van der Waals surface area contributed by atoms with Gasteiger partial charge in [-0.2, -0.15) is 11.3 Å². The van der Waals surface area contributed by atoms with Gasteiger partial charge in [-0.1, -0.05) is 29.8 Å². The minimum atomic E-state index is -0.101. The van der Waals surface area contributed by atoms with E-state index in [1.54, 1.807) is 6.07 Å². The van der Waals surface area contributed by atoms with E-state index in [-0.39, 0.29) is 11.9 Å². The van der Waals surface area contributed by atoms with E-state index in [2.05, 4.69) is 5.32 Å². The molecule has 0 radical (unpaired) electrons. The van der Waals surface area contributed by atoms with Gasteiger partial charge in [-0.15, -0.1) is 0 Å². The lowest BCUT2D eigenvalue weighted by Crippen LogP contribution is -2.26. The van der Waals surface area contributed by atoms with Crippen LogP contribution in [0.25, 0.3) is 0 Å². The predicted molar refractivity (Wildman–Crippen MR) is 71.7 cm³/mol. The van der Waals surface area contributed by atoms with Gasteiger partial charge in [0.25, 0.3) is 5.91 Å². The molecule has 1 N–H and O–H groups in total. The van der Waals surface area contributed by atoms with Gasteiger partial charge in [0, 0.05) is 10.4 Å². The third-order valence-corrected chi connectivity index (χ3v) is 3.53.